The second-order valence-corrected chi connectivity index (χ2v) is 4.97. The van der Waals surface area contributed by atoms with Crippen LogP contribution in [0.15, 0.2) is 12.7 Å². The van der Waals surface area contributed by atoms with E-state index in [0.29, 0.717) is 6.04 Å². The molecule has 0 amide bonds. The number of unbranched alkanes of at least 4 members (excludes halogenated alkanes) is 3. The summed E-state index contributed by atoms with van der Waals surface area (Å²) in [4.78, 5) is 0. The van der Waals surface area contributed by atoms with E-state index in [4.69, 9.17) is 0 Å². The zero-order valence-corrected chi connectivity index (χ0v) is 10.5. The summed E-state index contributed by atoms with van der Waals surface area (Å²) in [5.74, 6) is 2.47. The molecule has 0 aliphatic carbocycles. The quantitative estimate of drug-likeness (QED) is 0.442. The van der Waals surface area contributed by atoms with Crippen LogP contribution in [0.3, 0.4) is 0 Å². The number of nitrogens with one attached hydrogen (secondary N) is 1. The van der Waals surface area contributed by atoms with E-state index in [-0.39, 0.29) is 0 Å². The van der Waals surface area contributed by atoms with Crippen LogP contribution in [0.2, 0.25) is 0 Å². The SMILES string of the molecule is C=CCCCCCNC(C)CSCC. The van der Waals surface area contributed by atoms with E-state index in [1.807, 2.05) is 17.8 Å². The molecule has 1 N–H and O–H groups in total. The maximum Gasteiger partial charge on any atom is 0.0129 e. The molecule has 0 aliphatic heterocycles. The van der Waals surface area contributed by atoms with Gasteiger partial charge in [-0.25, -0.2) is 0 Å². The van der Waals surface area contributed by atoms with Crippen molar-refractivity contribution in [2.75, 3.05) is 18.1 Å². The Morgan fingerprint density at radius 3 is 2.79 bits per heavy atom. The summed E-state index contributed by atoms with van der Waals surface area (Å²) in [6.45, 7) is 9.38. The van der Waals surface area contributed by atoms with Gasteiger partial charge in [0.15, 0.2) is 0 Å². The highest BCUT2D eigenvalue weighted by Gasteiger charge is 1.98. The van der Waals surface area contributed by atoms with Crippen LogP contribution in [0.4, 0.5) is 0 Å². The minimum absolute atomic E-state index is 0.666. The summed E-state index contributed by atoms with van der Waals surface area (Å²) in [6.07, 6.45) is 7.10. The van der Waals surface area contributed by atoms with E-state index < -0.39 is 0 Å². The van der Waals surface area contributed by atoms with Crippen LogP contribution in [0.1, 0.15) is 39.5 Å². The molecule has 0 radical (unpaired) electrons. The smallest absolute Gasteiger partial charge is 0.0129 e. The lowest BCUT2D eigenvalue weighted by atomic mass is 10.2. The van der Waals surface area contributed by atoms with Crippen molar-refractivity contribution in [3.8, 4) is 0 Å². The number of allylic oxidation sites excluding steroid dienone is 1. The predicted octanol–water partition coefficient (Wildman–Crippen LogP) is 3.46. The van der Waals surface area contributed by atoms with E-state index in [1.165, 1.54) is 43.7 Å². The Bertz CT molecular complexity index is 125. The van der Waals surface area contributed by atoms with Gasteiger partial charge in [-0.05, 0) is 38.5 Å². The van der Waals surface area contributed by atoms with Gasteiger partial charge in [0.2, 0.25) is 0 Å². The molecule has 0 heterocycles. The molecule has 0 aromatic heterocycles. The fourth-order valence-corrected chi connectivity index (χ4v) is 2.00. The molecule has 1 atom stereocenters. The van der Waals surface area contributed by atoms with Gasteiger partial charge >= 0.3 is 0 Å². The average Bonchev–Trinajstić information content (AvgIpc) is 2.20. The highest BCUT2D eigenvalue weighted by Crippen LogP contribution is 2.02. The molecule has 14 heavy (non-hydrogen) atoms. The second kappa shape index (κ2) is 11.1. The van der Waals surface area contributed by atoms with Crippen LogP contribution < -0.4 is 5.32 Å². The number of hydrogen-bond donors (Lipinski definition) is 1. The summed E-state index contributed by atoms with van der Waals surface area (Å²) in [5.41, 5.74) is 0. The van der Waals surface area contributed by atoms with Crippen molar-refractivity contribution in [3.63, 3.8) is 0 Å². The third kappa shape index (κ3) is 10.1. The third-order valence-corrected chi connectivity index (χ3v) is 3.29. The molecule has 0 aromatic rings. The summed E-state index contributed by atoms with van der Waals surface area (Å²) in [6, 6.07) is 0.666. The molecule has 0 bridgehead atoms. The molecule has 0 saturated carbocycles. The zero-order valence-electron chi connectivity index (χ0n) is 9.72. The minimum Gasteiger partial charge on any atom is -0.313 e. The normalized spacial score (nSPS) is 12.7. The number of hydrogen-bond acceptors (Lipinski definition) is 2. The highest BCUT2D eigenvalue weighted by molar-refractivity contribution is 7.99. The Labute approximate surface area is 93.7 Å². The van der Waals surface area contributed by atoms with Crippen LogP contribution in [0.25, 0.3) is 0 Å². The molecule has 1 nitrogen and oxygen atoms in total. The van der Waals surface area contributed by atoms with Gasteiger partial charge in [-0.3, -0.25) is 0 Å². The van der Waals surface area contributed by atoms with E-state index in [0.717, 1.165) is 0 Å². The topological polar surface area (TPSA) is 12.0 Å². The maximum atomic E-state index is 3.72. The lowest BCUT2D eigenvalue weighted by Crippen LogP contribution is -2.29. The first kappa shape index (κ1) is 14.1. The lowest BCUT2D eigenvalue weighted by molar-refractivity contribution is 0.554. The Kier molecular flexibility index (Phi) is 11.2. The van der Waals surface area contributed by atoms with Crippen molar-refractivity contribution in [1.29, 1.82) is 0 Å². The largest absolute Gasteiger partial charge is 0.313 e. The van der Waals surface area contributed by atoms with Gasteiger partial charge in [-0.15, -0.1) is 6.58 Å². The van der Waals surface area contributed by atoms with Crippen LogP contribution in [-0.4, -0.2) is 24.1 Å². The summed E-state index contributed by atoms with van der Waals surface area (Å²) in [7, 11) is 0. The van der Waals surface area contributed by atoms with Crippen molar-refractivity contribution < 1.29 is 0 Å². The van der Waals surface area contributed by atoms with Gasteiger partial charge in [0.25, 0.3) is 0 Å². The Balaban J connectivity index is 3.06. The van der Waals surface area contributed by atoms with Crippen molar-refractivity contribution in [3.05, 3.63) is 12.7 Å². The molecule has 0 aromatic carbocycles. The van der Waals surface area contributed by atoms with Crippen LogP contribution in [0.5, 0.6) is 0 Å². The van der Waals surface area contributed by atoms with Gasteiger partial charge in [0.05, 0.1) is 0 Å². The maximum absolute atomic E-state index is 3.72. The molecule has 0 fully saturated rings. The fraction of sp³-hybridized carbons (Fsp3) is 0.833. The first-order chi connectivity index (χ1) is 6.81. The van der Waals surface area contributed by atoms with E-state index in [1.54, 1.807) is 0 Å². The molecule has 84 valence electrons. The Hall–Kier alpha value is 0.0500. The van der Waals surface area contributed by atoms with E-state index in [9.17, 15) is 0 Å². The average molecular weight is 215 g/mol. The molecule has 0 rings (SSSR count). The lowest BCUT2D eigenvalue weighted by Gasteiger charge is -2.12. The molecule has 0 spiro atoms. The first-order valence-electron chi connectivity index (χ1n) is 5.73. The monoisotopic (exact) mass is 215 g/mol. The molecular weight excluding hydrogens is 190 g/mol. The Morgan fingerprint density at radius 2 is 2.14 bits per heavy atom. The summed E-state index contributed by atoms with van der Waals surface area (Å²) in [5, 5.41) is 3.55. The van der Waals surface area contributed by atoms with Gasteiger partial charge in [-0.2, -0.15) is 11.8 Å². The molecule has 2 heteroatoms. The van der Waals surface area contributed by atoms with Gasteiger partial charge in [0, 0.05) is 11.8 Å². The van der Waals surface area contributed by atoms with Crippen molar-refractivity contribution >= 4 is 11.8 Å². The van der Waals surface area contributed by atoms with E-state index in [2.05, 4.69) is 25.7 Å². The first-order valence-corrected chi connectivity index (χ1v) is 6.88. The third-order valence-electron chi connectivity index (χ3n) is 2.15. The number of thioether (sulfide) groups is 1. The molecule has 1 unspecified atom stereocenters. The van der Waals surface area contributed by atoms with Crippen molar-refractivity contribution in [2.45, 2.75) is 45.6 Å². The predicted molar refractivity (Wildman–Crippen MR) is 69.1 cm³/mol. The zero-order chi connectivity index (χ0) is 10.6. The second-order valence-electron chi connectivity index (χ2n) is 3.65. The van der Waals surface area contributed by atoms with Gasteiger partial charge in [0.1, 0.15) is 0 Å². The Morgan fingerprint density at radius 1 is 1.36 bits per heavy atom. The standard InChI is InChI=1S/C12H25NS/c1-4-6-7-8-9-10-13-12(3)11-14-5-2/h4,12-13H,1,5-11H2,2-3H3. The van der Waals surface area contributed by atoms with Crippen molar-refractivity contribution in [2.24, 2.45) is 0 Å². The fourth-order valence-electron chi connectivity index (χ4n) is 1.29. The van der Waals surface area contributed by atoms with Crippen molar-refractivity contribution in [1.82, 2.24) is 5.32 Å². The highest BCUT2D eigenvalue weighted by atomic mass is 32.2. The molecule has 0 aliphatic rings. The van der Waals surface area contributed by atoms with Crippen LogP contribution >= 0.6 is 11.8 Å². The van der Waals surface area contributed by atoms with Crippen LogP contribution in [-0.2, 0) is 0 Å². The van der Waals surface area contributed by atoms with E-state index >= 15 is 0 Å². The molecule has 0 saturated heterocycles. The van der Waals surface area contributed by atoms with Gasteiger partial charge < -0.3 is 5.32 Å². The minimum atomic E-state index is 0.666. The number of rotatable bonds is 10. The van der Waals surface area contributed by atoms with Gasteiger partial charge in [-0.1, -0.05) is 19.4 Å². The summed E-state index contributed by atoms with van der Waals surface area (Å²) >= 11 is 2.01. The summed E-state index contributed by atoms with van der Waals surface area (Å²) < 4.78 is 0. The molecular formula is C12H25NS. The van der Waals surface area contributed by atoms with Crippen LogP contribution in [0, 0.1) is 0 Å².